The molecule has 1 saturated heterocycles. The third-order valence-corrected chi connectivity index (χ3v) is 9.42. The smallest absolute Gasteiger partial charge is 0.411 e. The van der Waals surface area contributed by atoms with Crippen LogP contribution in [0.4, 0.5) is 4.79 Å². The molecule has 2 N–H and O–H groups in total. The van der Waals surface area contributed by atoms with Crippen molar-refractivity contribution in [2.45, 2.75) is 89.9 Å². The molecule has 2 aliphatic rings. The number of rotatable bonds is 14. The molecule has 1 heterocycles. The second-order valence-corrected chi connectivity index (χ2v) is 14.2. The SMILES string of the molecule is CSCN(CCNC(CSCC1CCCCC1)C(=O)NC1CCN(Cc2ccccc2)CC1)C(=O)OC(C)(C)C. The van der Waals surface area contributed by atoms with E-state index in [1.165, 1.54) is 37.7 Å². The highest BCUT2D eigenvalue weighted by Crippen LogP contribution is 2.27. The maximum Gasteiger partial charge on any atom is 0.411 e. The molecule has 1 aliphatic carbocycles. The number of carbonyl (C=O) groups excluding carboxylic acids is 2. The number of hydrogen-bond acceptors (Lipinski definition) is 7. The van der Waals surface area contributed by atoms with Crippen molar-refractivity contribution in [2.24, 2.45) is 5.92 Å². The van der Waals surface area contributed by atoms with Crippen molar-refractivity contribution in [3.05, 3.63) is 35.9 Å². The van der Waals surface area contributed by atoms with Gasteiger partial charge in [-0.25, -0.2) is 4.79 Å². The zero-order valence-corrected chi connectivity index (χ0v) is 26.8. The monoisotopic (exact) mass is 592 g/mol. The predicted molar refractivity (Wildman–Crippen MR) is 170 cm³/mol. The second-order valence-electron chi connectivity index (χ2n) is 12.3. The molecule has 1 unspecified atom stereocenters. The van der Waals surface area contributed by atoms with Gasteiger partial charge in [-0.15, -0.1) is 11.8 Å². The third-order valence-electron chi connectivity index (χ3n) is 7.57. The van der Waals surface area contributed by atoms with Crippen LogP contribution in [0.1, 0.15) is 71.3 Å². The topological polar surface area (TPSA) is 73.9 Å². The quantitative estimate of drug-likeness (QED) is 0.273. The van der Waals surface area contributed by atoms with E-state index in [4.69, 9.17) is 4.74 Å². The molecular weight excluding hydrogens is 541 g/mol. The second kappa shape index (κ2) is 17.5. The molecule has 2 fully saturated rings. The van der Waals surface area contributed by atoms with E-state index in [2.05, 4.69) is 45.9 Å². The molecule has 7 nitrogen and oxygen atoms in total. The summed E-state index contributed by atoms with van der Waals surface area (Å²) in [5.41, 5.74) is 0.807. The van der Waals surface area contributed by atoms with E-state index in [9.17, 15) is 9.59 Å². The molecule has 1 aromatic rings. The minimum Gasteiger partial charge on any atom is -0.444 e. The van der Waals surface area contributed by atoms with Gasteiger partial charge in [0, 0.05) is 44.5 Å². The summed E-state index contributed by atoms with van der Waals surface area (Å²) in [5, 5.41) is 6.85. The van der Waals surface area contributed by atoms with E-state index in [1.807, 2.05) is 38.8 Å². The van der Waals surface area contributed by atoms with E-state index >= 15 is 0 Å². The molecule has 2 amide bonds. The van der Waals surface area contributed by atoms with Gasteiger partial charge in [-0.2, -0.15) is 11.8 Å². The summed E-state index contributed by atoms with van der Waals surface area (Å²) in [5.74, 6) is 3.31. The van der Waals surface area contributed by atoms with Gasteiger partial charge in [0.25, 0.3) is 0 Å². The lowest BCUT2D eigenvalue weighted by atomic mass is 9.91. The number of thioether (sulfide) groups is 2. The number of hydrogen-bond donors (Lipinski definition) is 2. The lowest BCUT2D eigenvalue weighted by Gasteiger charge is -2.33. The van der Waals surface area contributed by atoms with Gasteiger partial charge in [0.1, 0.15) is 5.60 Å². The first kappa shape index (κ1) is 33.1. The summed E-state index contributed by atoms with van der Waals surface area (Å²) >= 11 is 3.49. The van der Waals surface area contributed by atoms with Gasteiger partial charge in [0.15, 0.2) is 0 Å². The third kappa shape index (κ3) is 12.6. The van der Waals surface area contributed by atoms with E-state index in [0.717, 1.165) is 49.9 Å². The molecule has 0 bridgehead atoms. The Kier molecular flexibility index (Phi) is 14.5. The number of piperidine rings is 1. The van der Waals surface area contributed by atoms with E-state index in [0.29, 0.717) is 19.0 Å². The summed E-state index contributed by atoms with van der Waals surface area (Å²) in [7, 11) is 0. The highest BCUT2D eigenvalue weighted by Gasteiger charge is 2.26. The average molecular weight is 593 g/mol. The highest BCUT2D eigenvalue weighted by atomic mass is 32.2. The van der Waals surface area contributed by atoms with Crippen LogP contribution in [0.15, 0.2) is 30.3 Å². The highest BCUT2D eigenvalue weighted by molar-refractivity contribution is 7.99. The molecule has 0 spiro atoms. The first-order valence-electron chi connectivity index (χ1n) is 15.1. The molecule has 1 aliphatic heterocycles. The molecule has 1 aromatic carbocycles. The molecule has 1 saturated carbocycles. The first-order chi connectivity index (χ1) is 19.2. The number of amides is 2. The van der Waals surface area contributed by atoms with Gasteiger partial charge in [-0.1, -0.05) is 49.6 Å². The fourth-order valence-corrected chi connectivity index (χ4v) is 7.23. The molecule has 1 atom stereocenters. The van der Waals surface area contributed by atoms with Crippen molar-refractivity contribution < 1.29 is 14.3 Å². The van der Waals surface area contributed by atoms with Crippen LogP contribution < -0.4 is 10.6 Å². The van der Waals surface area contributed by atoms with Gasteiger partial charge in [0.2, 0.25) is 5.91 Å². The van der Waals surface area contributed by atoms with E-state index in [1.54, 1.807) is 16.7 Å². The van der Waals surface area contributed by atoms with Crippen LogP contribution in [0, 0.1) is 5.92 Å². The Balaban J connectivity index is 1.50. The standard InChI is InChI=1S/C31H52N4O3S2/c1-31(2,3)38-30(37)35(24-39-4)20-17-32-28(23-40-22-26-13-9-6-10-14-26)29(36)33-27-15-18-34(19-16-27)21-25-11-7-5-8-12-25/h5,7-8,11-12,26-28,32H,6,9-10,13-24H2,1-4H3,(H,33,36). The summed E-state index contributed by atoms with van der Waals surface area (Å²) in [6.45, 7) is 9.67. The van der Waals surface area contributed by atoms with Crippen molar-refractivity contribution in [2.75, 3.05) is 49.8 Å². The van der Waals surface area contributed by atoms with Crippen molar-refractivity contribution >= 4 is 35.5 Å². The van der Waals surface area contributed by atoms with Gasteiger partial charge in [-0.3, -0.25) is 14.6 Å². The molecule has 0 aromatic heterocycles. The van der Waals surface area contributed by atoms with E-state index in [-0.39, 0.29) is 24.1 Å². The van der Waals surface area contributed by atoms with Gasteiger partial charge in [0.05, 0.1) is 11.9 Å². The number of benzene rings is 1. The molecule has 9 heteroatoms. The maximum absolute atomic E-state index is 13.5. The Hall–Kier alpha value is -1.42. The number of nitrogens with zero attached hydrogens (tertiary/aromatic N) is 2. The van der Waals surface area contributed by atoms with Crippen LogP contribution in [-0.2, 0) is 16.1 Å². The van der Waals surface area contributed by atoms with Crippen LogP contribution in [0.25, 0.3) is 0 Å². The zero-order valence-electron chi connectivity index (χ0n) is 25.2. The van der Waals surface area contributed by atoms with Crippen LogP contribution >= 0.6 is 23.5 Å². The summed E-state index contributed by atoms with van der Waals surface area (Å²) in [4.78, 5) is 30.4. The summed E-state index contributed by atoms with van der Waals surface area (Å²) in [6.07, 6.45) is 10.3. The Morgan fingerprint density at radius 3 is 2.42 bits per heavy atom. The maximum atomic E-state index is 13.5. The van der Waals surface area contributed by atoms with Crippen LogP contribution in [0.3, 0.4) is 0 Å². The van der Waals surface area contributed by atoms with Gasteiger partial charge < -0.3 is 15.4 Å². The number of ether oxygens (including phenoxy) is 1. The lowest BCUT2D eigenvalue weighted by molar-refractivity contribution is -0.123. The van der Waals surface area contributed by atoms with Crippen molar-refractivity contribution in [1.29, 1.82) is 0 Å². The number of carbonyl (C=O) groups is 2. The molecule has 40 heavy (non-hydrogen) atoms. The van der Waals surface area contributed by atoms with Crippen molar-refractivity contribution in [3.8, 4) is 0 Å². The Bertz CT molecular complexity index is 869. The molecule has 3 rings (SSSR count). The summed E-state index contributed by atoms with van der Waals surface area (Å²) in [6, 6.07) is 10.5. The fraction of sp³-hybridized carbons (Fsp3) is 0.742. The molecule has 0 radical (unpaired) electrons. The number of likely N-dealkylation sites (tertiary alicyclic amines) is 1. The minimum absolute atomic E-state index is 0.0892. The Morgan fingerprint density at radius 1 is 1.07 bits per heavy atom. The largest absolute Gasteiger partial charge is 0.444 e. The molecule has 226 valence electrons. The van der Waals surface area contributed by atoms with Crippen LogP contribution in [0.2, 0.25) is 0 Å². The molecular formula is C31H52N4O3S2. The van der Waals surface area contributed by atoms with Crippen LogP contribution in [0.5, 0.6) is 0 Å². The van der Waals surface area contributed by atoms with Crippen molar-refractivity contribution in [1.82, 2.24) is 20.4 Å². The van der Waals surface area contributed by atoms with E-state index < -0.39 is 5.60 Å². The minimum atomic E-state index is -0.532. The average Bonchev–Trinajstić information content (AvgIpc) is 2.93. The van der Waals surface area contributed by atoms with Crippen LogP contribution in [-0.4, -0.2) is 89.3 Å². The normalized spacial score (nSPS) is 18.3. The lowest BCUT2D eigenvalue weighted by Crippen LogP contribution is -2.53. The zero-order chi connectivity index (χ0) is 28.8. The Morgan fingerprint density at radius 2 is 1.77 bits per heavy atom. The van der Waals surface area contributed by atoms with Gasteiger partial charge >= 0.3 is 6.09 Å². The summed E-state index contributed by atoms with van der Waals surface area (Å²) < 4.78 is 5.59. The first-order valence-corrected chi connectivity index (χ1v) is 17.6. The fourth-order valence-electron chi connectivity index (χ4n) is 5.38. The van der Waals surface area contributed by atoms with Gasteiger partial charge in [-0.05, 0) is 69.9 Å². The number of nitrogens with one attached hydrogen (secondary N) is 2. The Labute approximate surface area is 251 Å². The predicted octanol–water partition coefficient (Wildman–Crippen LogP) is 5.60. The van der Waals surface area contributed by atoms with Crippen molar-refractivity contribution in [3.63, 3.8) is 0 Å².